The summed E-state index contributed by atoms with van der Waals surface area (Å²) in [5.74, 6) is -4.28. The lowest BCUT2D eigenvalue weighted by atomic mass is 10.2. The van der Waals surface area contributed by atoms with E-state index in [0.29, 0.717) is 5.69 Å². The first-order chi connectivity index (χ1) is 10.1. The summed E-state index contributed by atoms with van der Waals surface area (Å²) in [5, 5.41) is 2.74. The third kappa shape index (κ3) is 2.35. The summed E-state index contributed by atoms with van der Waals surface area (Å²) in [7, 11) is 0. The van der Waals surface area contributed by atoms with E-state index in [-0.39, 0.29) is 5.69 Å². The summed E-state index contributed by atoms with van der Waals surface area (Å²) >= 11 is 0. The first-order valence-corrected chi connectivity index (χ1v) is 6.08. The molecule has 0 unspecified atom stereocenters. The zero-order valence-electron chi connectivity index (χ0n) is 10.6. The van der Waals surface area contributed by atoms with Gasteiger partial charge in [0, 0.05) is 18.2 Å². The third-order valence-electron chi connectivity index (χ3n) is 3.03. The minimum absolute atomic E-state index is 0.112. The highest BCUT2D eigenvalue weighted by molar-refractivity contribution is 5.58. The van der Waals surface area contributed by atoms with Crippen LogP contribution in [0.15, 0.2) is 53.3 Å². The highest BCUT2D eigenvalue weighted by atomic mass is 19.2. The Kier molecular flexibility index (Phi) is 3.13. The Morgan fingerprint density at radius 3 is 2.14 bits per heavy atom. The Labute approximate surface area is 117 Å². The molecule has 2 aromatic carbocycles. The van der Waals surface area contributed by atoms with Crippen LogP contribution in [0.5, 0.6) is 0 Å². The second-order valence-electron chi connectivity index (χ2n) is 4.43. The number of benzene rings is 2. The molecule has 0 radical (unpaired) electrons. The number of rotatable bonds is 2. The van der Waals surface area contributed by atoms with Gasteiger partial charge in [-0.25, -0.2) is 17.9 Å². The van der Waals surface area contributed by atoms with Crippen molar-refractivity contribution < 1.29 is 13.2 Å². The van der Waals surface area contributed by atoms with E-state index in [2.05, 4.69) is 5.10 Å². The van der Waals surface area contributed by atoms with Crippen LogP contribution in [0.1, 0.15) is 0 Å². The van der Waals surface area contributed by atoms with Crippen molar-refractivity contribution in [3.05, 3.63) is 76.3 Å². The van der Waals surface area contributed by atoms with Gasteiger partial charge < -0.3 is 0 Å². The number of H-pyrrole nitrogens is 1. The van der Waals surface area contributed by atoms with E-state index in [1.165, 1.54) is 6.07 Å². The molecule has 3 rings (SSSR count). The zero-order chi connectivity index (χ0) is 15.0. The predicted octanol–water partition coefficient (Wildman–Crippen LogP) is 3.25. The number of hydrogen-bond donors (Lipinski definition) is 1. The lowest BCUT2D eigenvalue weighted by molar-refractivity contribution is 0.446. The second-order valence-corrected chi connectivity index (χ2v) is 4.43. The minimum atomic E-state index is -1.57. The molecule has 1 heterocycles. The van der Waals surface area contributed by atoms with Gasteiger partial charge in [-0.3, -0.25) is 9.89 Å². The van der Waals surface area contributed by atoms with E-state index in [4.69, 9.17) is 0 Å². The Balaban J connectivity index is 2.13. The van der Waals surface area contributed by atoms with Gasteiger partial charge in [-0.05, 0) is 5.56 Å². The number of nitrogens with zero attached hydrogens (tertiary/aromatic N) is 1. The molecule has 0 bridgehead atoms. The van der Waals surface area contributed by atoms with E-state index in [9.17, 15) is 18.0 Å². The number of aromatic nitrogens is 2. The largest absolute Gasteiger partial charge is 0.290 e. The molecule has 0 amide bonds. The highest BCUT2D eigenvalue weighted by Gasteiger charge is 2.14. The van der Waals surface area contributed by atoms with Gasteiger partial charge in [0.05, 0.1) is 11.4 Å². The topological polar surface area (TPSA) is 37.8 Å². The fraction of sp³-hybridized carbons (Fsp3) is 0. The Morgan fingerprint density at radius 2 is 1.52 bits per heavy atom. The van der Waals surface area contributed by atoms with Crippen LogP contribution in [0.25, 0.3) is 16.9 Å². The number of aromatic amines is 1. The summed E-state index contributed by atoms with van der Waals surface area (Å²) in [6, 6.07) is 11.8. The normalized spacial score (nSPS) is 10.8. The molecule has 3 aromatic rings. The smallest absolute Gasteiger partial charge is 0.271 e. The van der Waals surface area contributed by atoms with Gasteiger partial charge in [0.1, 0.15) is 0 Å². The summed E-state index contributed by atoms with van der Waals surface area (Å²) in [6.07, 6.45) is 0. The Hall–Kier alpha value is -2.76. The van der Waals surface area contributed by atoms with Crippen LogP contribution in [-0.4, -0.2) is 9.78 Å². The fourth-order valence-electron chi connectivity index (χ4n) is 2.02. The summed E-state index contributed by atoms with van der Waals surface area (Å²) in [5.41, 5.74) is 0.625. The molecule has 21 heavy (non-hydrogen) atoms. The quantitative estimate of drug-likeness (QED) is 0.723. The predicted molar refractivity (Wildman–Crippen MR) is 71.7 cm³/mol. The summed E-state index contributed by atoms with van der Waals surface area (Å²) in [6.45, 7) is 0. The monoisotopic (exact) mass is 290 g/mol. The van der Waals surface area contributed by atoms with Gasteiger partial charge in [0.25, 0.3) is 5.56 Å². The molecule has 6 heteroatoms. The second kappa shape index (κ2) is 4.97. The van der Waals surface area contributed by atoms with Crippen LogP contribution < -0.4 is 5.56 Å². The van der Waals surface area contributed by atoms with Crippen LogP contribution in [0.3, 0.4) is 0 Å². The van der Waals surface area contributed by atoms with Crippen LogP contribution in [0.4, 0.5) is 13.2 Å². The molecule has 0 aliphatic rings. The molecule has 0 saturated carbocycles. The maximum absolute atomic E-state index is 13.2. The Morgan fingerprint density at radius 1 is 0.905 bits per heavy atom. The molecule has 0 saturated heterocycles. The lowest BCUT2D eigenvalue weighted by Crippen LogP contribution is -2.14. The van der Waals surface area contributed by atoms with Gasteiger partial charge in [0.15, 0.2) is 17.5 Å². The van der Waals surface area contributed by atoms with E-state index in [0.717, 1.165) is 22.4 Å². The van der Waals surface area contributed by atoms with Crippen molar-refractivity contribution >= 4 is 0 Å². The summed E-state index contributed by atoms with van der Waals surface area (Å²) in [4.78, 5) is 11.9. The van der Waals surface area contributed by atoms with Gasteiger partial charge in [-0.2, -0.15) is 0 Å². The molecule has 3 nitrogen and oxygen atoms in total. The standard InChI is InChI=1S/C15H9F3N2O/c16-11-6-10(7-12(17)15(11)18)20-14(21)8-13(19-20)9-4-2-1-3-5-9/h1-8,19H. The van der Waals surface area contributed by atoms with E-state index in [1.807, 2.05) is 6.07 Å². The molecule has 0 aliphatic carbocycles. The van der Waals surface area contributed by atoms with Crippen molar-refractivity contribution in [2.24, 2.45) is 0 Å². The summed E-state index contributed by atoms with van der Waals surface area (Å²) < 4.78 is 40.4. The first-order valence-electron chi connectivity index (χ1n) is 6.08. The minimum Gasteiger partial charge on any atom is -0.290 e. The molecule has 0 atom stereocenters. The van der Waals surface area contributed by atoms with Crippen molar-refractivity contribution in [1.29, 1.82) is 0 Å². The molecule has 0 spiro atoms. The average Bonchev–Trinajstić information content (AvgIpc) is 2.87. The van der Waals surface area contributed by atoms with Crippen LogP contribution in [0, 0.1) is 17.5 Å². The van der Waals surface area contributed by atoms with Crippen LogP contribution >= 0.6 is 0 Å². The van der Waals surface area contributed by atoms with Gasteiger partial charge in [-0.15, -0.1) is 0 Å². The molecule has 1 N–H and O–H groups in total. The van der Waals surface area contributed by atoms with Crippen LogP contribution in [0.2, 0.25) is 0 Å². The molecule has 1 aromatic heterocycles. The zero-order valence-corrected chi connectivity index (χ0v) is 10.6. The highest BCUT2D eigenvalue weighted by Crippen LogP contribution is 2.18. The molecular formula is C15H9F3N2O. The Bertz CT molecular complexity index is 830. The van der Waals surface area contributed by atoms with Gasteiger partial charge in [-0.1, -0.05) is 30.3 Å². The third-order valence-corrected chi connectivity index (χ3v) is 3.03. The van der Waals surface area contributed by atoms with E-state index in [1.54, 1.807) is 24.3 Å². The first kappa shape index (κ1) is 13.2. The molecular weight excluding hydrogens is 281 g/mol. The molecule has 0 fully saturated rings. The lowest BCUT2D eigenvalue weighted by Gasteiger charge is -2.04. The van der Waals surface area contributed by atoms with E-state index < -0.39 is 23.0 Å². The van der Waals surface area contributed by atoms with Gasteiger partial charge >= 0.3 is 0 Å². The average molecular weight is 290 g/mol. The number of halogens is 3. The van der Waals surface area contributed by atoms with Crippen molar-refractivity contribution in [3.63, 3.8) is 0 Å². The number of hydrogen-bond acceptors (Lipinski definition) is 1. The SMILES string of the molecule is O=c1cc(-c2ccccc2)[nH]n1-c1cc(F)c(F)c(F)c1. The number of nitrogens with one attached hydrogen (secondary N) is 1. The van der Waals surface area contributed by atoms with Crippen molar-refractivity contribution in [3.8, 4) is 16.9 Å². The molecule has 0 aliphatic heterocycles. The fourth-order valence-corrected chi connectivity index (χ4v) is 2.02. The van der Waals surface area contributed by atoms with E-state index >= 15 is 0 Å². The van der Waals surface area contributed by atoms with Crippen molar-refractivity contribution in [2.45, 2.75) is 0 Å². The van der Waals surface area contributed by atoms with Crippen molar-refractivity contribution in [1.82, 2.24) is 9.78 Å². The van der Waals surface area contributed by atoms with Gasteiger partial charge in [0.2, 0.25) is 0 Å². The maximum atomic E-state index is 13.2. The van der Waals surface area contributed by atoms with Crippen LogP contribution in [-0.2, 0) is 0 Å². The maximum Gasteiger partial charge on any atom is 0.271 e. The van der Waals surface area contributed by atoms with Crippen molar-refractivity contribution in [2.75, 3.05) is 0 Å². The molecule has 106 valence electrons.